The number of methoxy groups -OCH3 is 1. The number of hydrogen-bond donors (Lipinski definition) is 2. The molecule has 0 saturated carbocycles. The summed E-state index contributed by atoms with van der Waals surface area (Å²) >= 11 is 0. The first-order valence-corrected chi connectivity index (χ1v) is 11.4. The van der Waals surface area contributed by atoms with Gasteiger partial charge in [0.25, 0.3) is 0 Å². The van der Waals surface area contributed by atoms with Crippen molar-refractivity contribution >= 4 is 0 Å². The average Bonchev–Trinajstić information content (AvgIpc) is 3.25. The van der Waals surface area contributed by atoms with E-state index in [1.165, 1.54) is 32.2 Å². The molecular formula is C22H47N3O3. The van der Waals surface area contributed by atoms with E-state index in [-0.39, 0.29) is 5.54 Å². The van der Waals surface area contributed by atoms with Gasteiger partial charge in [-0.3, -0.25) is 0 Å². The van der Waals surface area contributed by atoms with Gasteiger partial charge in [0.15, 0.2) is 0 Å². The highest BCUT2D eigenvalue weighted by Gasteiger charge is 2.43. The summed E-state index contributed by atoms with van der Waals surface area (Å²) in [4.78, 5) is 2.42. The molecule has 2 N–H and O–H groups in total. The Kier molecular flexibility index (Phi) is 12.8. The molecule has 3 aliphatic rings. The maximum Gasteiger partial charge on any atom is 0.0660 e. The lowest BCUT2D eigenvalue weighted by atomic mass is 9.98. The Morgan fingerprint density at radius 3 is 2.39 bits per heavy atom. The minimum atomic E-state index is 0.272. The third kappa shape index (κ3) is 9.06. The van der Waals surface area contributed by atoms with Gasteiger partial charge in [-0.15, -0.1) is 0 Å². The molecule has 4 atom stereocenters. The van der Waals surface area contributed by atoms with Crippen LogP contribution in [0, 0.1) is 0 Å². The number of rotatable bonds is 8. The fourth-order valence-electron chi connectivity index (χ4n) is 4.38. The molecular weight excluding hydrogens is 354 g/mol. The lowest BCUT2D eigenvalue weighted by Crippen LogP contribution is -2.60. The predicted molar refractivity (Wildman–Crippen MR) is 117 cm³/mol. The van der Waals surface area contributed by atoms with Crippen molar-refractivity contribution in [1.29, 1.82) is 0 Å². The van der Waals surface area contributed by atoms with E-state index < -0.39 is 0 Å². The Balaban J connectivity index is 0.000000257. The van der Waals surface area contributed by atoms with Gasteiger partial charge in [0.2, 0.25) is 0 Å². The number of fused-ring (bicyclic) bond motifs is 2. The molecule has 4 unspecified atom stereocenters. The summed E-state index contributed by atoms with van der Waals surface area (Å²) in [5, 5.41) is 7.20. The summed E-state index contributed by atoms with van der Waals surface area (Å²) in [6, 6.07) is 1.77. The van der Waals surface area contributed by atoms with Crippen LogP contribution in [0.3, 0.4) is 0 Å². The normalized spacial score (nSPS) is 31.9. The number of likely N-dealkylation sites (N-methyl/N-ethyl adjacent to an activating group) is 1. The lowest BCUT2D eigenvalue weighted by molar-refractivity contribution is 0.0493. The van der Waals surface area contributed by atoms with Gasteiger partial charge in [-0.1, -0.05) is 13.8 Å². The van der Waals surface area contributed by atoms with Crippen molar-refractivity contribution in [2.75, 3.05) is 53.7 Å². The quantitative estimate of drug-likeness (QED) is 0.652. The first kappa shape index (κ1) is 25.8. The number of likely N-dealkylation sites (tertiary alicyclic amines) is 1. The van der Waals surface area contributed by atoms with E-state index in [2.05, 4.69) is 43.4 Å². The van der Waals surface area contributed by atoms with Crippen molar-refractivity contribution in [3.05, 3.63) is 0 Å². The number of piperazine rings is 1. The molecule has 0 amide bonds. The van der Waals surface area contributed by atoms with Gasteiger partial charge in [-0.25, -0.2) is 0 Å². The average molecular weight is 402 g/mol. The van der Waals surface area contributed by atoms with Crippen LogP contribution < -0.4 is 10.6 Å². The van der Waals surface area contributed by atoms with E-state index in [0.717, 1.165) is 33.0 Å². The van der Waals surface area contributed by atoms with E-state index >= 15 is 0 Å². The van der Waals surface area contributed by atoms with Crippen LogP contribution in [0.15, 0.2) is 0 Å². The second-order valence-corrected chi connectivity index (χ2v) is 8.47. The Morgan fingerprint density at radius 1 is 1.11 bits per heavy atom. The van der Waals surface area contributed by atoms with Crippen molar-refractivity contribution in [1.82, 2.24) is 15.5 Å². The summed E-state index contributed by atoms with van der Waals surface area (Å²) in [6.07, 6.45) is 5.35. The van der Waals surface area contributed by atoms with Gasteiger partial charge >= 0.3 is 0 Å². The molecule has 3 heterocycles. The van der Waals surface area contributed by atoms with Crippen LogP contribution in [0.1, 0.15) is 60.3 Å². The largest absolute Gasteiger partial charge is 0.383 e. The summed E-state index contributed by atoms with van der Waals surface area (Å²) in [5.74, 6) is 0. The van der Waals surface area contributed by atoms with Crippen molar-refractivity contribution in [3.63, 3.8) is 0 Å². The van der Waals surface area contributed by atoms with Crippen LogP contribution in [0.2, 0.25) is 0 Å². The lowest BCUT2D eigenvalue weighted by Gasteiger charge is -2.39. The highest BCUT2D eigenvalue weighted by Crippen LogP contribution is 2.29. The van der Waals surface area contributed by atoms with Gasteiger partial charge in [0.1, 0.15) is 0 Å². The number of nitrogens with one attached hydrogen (secondary N) is 2. The molecule has 6 heteroatoms. The van der Waals surface area contributed by atoms with Gasteiger partial charge in [-0.2, -0.15) is 0 Å². The highest BCUT2D eigenvalue weighted by atomic mass is 16.5. The van der Waals surface area contributed by atoms with Gasteiger partial charge < -0.3 is 29.7 Å². The van der Waals surface area contributed by atoms with Crippen LogP contribution in [0.4, 0.5) is 0 Å². The van der Waals surface area contributed by atoms with Crippen LogP contribution in [0.5, 0.6) is 0 Å². The fraction of sp³-hybridized carbons (Fsp3) is 1.00. The summed E-state index contributed by atoms with van der Waals surface area (Å²) < 4.78 is 16.2. The van der Waals surface area contributed by atoms with Crippen LogP contribution in [-0.4, -0.2) is 88.3 Å². The third-order valence-corrected chi connectivity index (χ3v) is 5.50. The van der Waals surface area contributed by atoms with Crippen molar-refractivity contribution in [2.24, 2.45) is 0 Å². The molecule has 0 spiro atoms. The molecule has 0 aromatic carbocycles. The Hall–Kier alpha value is -0.240. The number of nitrogens with zero attached hydrogens (tertiary/aromatic N) is 1. The van der Waals surface area contributed by atoms with E-state index in [1.807, 2.05) is 13.8 Å². The van der Waals surface area contributed by atoms with Crippen molar-refractivity contribution < 1.29 is 14.2 Å². The zero-order valence-corrected chi connectivity index (χ0v) is 19.6. The molecule has 0 radical (unpaired) electrons. The Morgan fingerprint density at radius 2 is 1.79 bits per heavy atom. The smallest absolute Gasteiger partial charge is 0.0660 e. The van der Waals surface area contributed by atoms with Crippen LogP contribution in [-0.2, 0) is 14.2 Å². The molecule has 2 bridgehead atoms. The molecule has 3 saturated heterocycles. The van der Waals surface area contributed by atoms with Gasteiger partial charge in [0, 0.05) is 44.9 Å². The summed E-state index contributed by atoms with van der Waals surface area (Å²) in [7, 11) is 3.96. The standard InChI is InChI=1S/C10H20N2O.C10H21NO2.C2H6/c1-3-13-8-10-5-4-9(11-10)6-12(2)7-10;1-8(2)13-7-10-5-4-9(11-10)6-12-3;1-2/h9,11H,3-8H2,1-2H3;8-11H,4-7H2,1-3H3;1-2H3. The Labute approximate surface area is 174 Å². The molecule has 168 valence electrons. The number of ether oxygens (including phenoxy) is 3. The third-order valence-electron chi connectivity index (χ3n) is 5.50. The van der Waals surface area contributed by atoms with E-state index in [0.29, 0.717) is 24.2 Å². The second kappa shape index (κ2) is 13.9. The maximum absolute atomic E-state index is 5.55. The maximum atomic E-state index is 5.55. The van der Waals surface area contributed by atoms with Crippen molar-refractivity contribution in [3.8, 4) is 0 Å². The predicted octanol–water partition coefficient (Wildman–Crippen LogP) is 2.66. The molecule has 0 aliphatic carbocycles. The minimum Gasteiger partial charge on any atom is -0.383 e. The first-order chi connectivity index (χ1) is 13.5. The molecule has 3 fully saturated rings. The van der Waals surface area contributed by atoms with Crippen molar-refractivity contribution in [2.45, 2.75) is 90.1 Å². The topological polar surface area (TPSA) is 55.0 Å². The zero-order chi connectivity index (χ0) is 21.0. The van der Waals surface area contributed by atoms with E-state index in [9.17, 15) is 0 Å². The molecule has 0 aromatic rings. The number of hydrogen-bond acceptors (Lipinski definition) is 6. The van der Waals surface area contributed by atoms with Gasteiger partial charge in [0.05, 0.1) is 31.5 Å². The minimum absolute atomic E-state index is 0.272. The highest BCUT2D eigenvalue weighted by molar-refractivity contribution is 5.04. The Bertz CT molecular complexity index is 397. The fourth-order valence-corrected chi connectivity index (χ4v) is 4.38. The van der Waals surface area contributed by atoms with Gasteiger partial charge in [-0.05, 0) is 53.5 Å². The summed E-state index contributed by atoms with van der Waals surface area (Å²) in [6.45, 7) is 15.9. The molecule has 3 rings (SSSR count). The van der Waals surface area contributed by atoms with Crippen LogP contribution in [0.25, 0.3) is 0 Å². The van der Waals surface area contributed by atoms with E-state index in [4.69, 9.17) is 14.2 Å². The second-order valence-electron chi connectivity index (χ2n) is 8.47. The molecule has 28 heavy (non-hydrogen) atoms. The summed E-state index contributed by atoms with van der Waals surface area (Å²) in [5.41, 5.74) is 0.272. The van der Waals surface area contributed by atoms with E-state index in [1.54, 1.807) is 7.11 Å². The molecule has 6 nitrogen and oxygen atoms in total. The zero-order valence-electron chi connectivity index (χ0n) is 19.6. The monoisotopic (exact) mass is 401 g/mol. The SMILES string of the molecule is CC.CCOCC12CCC(CN(C)C1)N2.COCC1CCC(COC(C)C)N1. The van der Waals surface area contributed by atoms with Crippen LogP contribution >= 0.6 is 0 Å². The molecule has 3 aliphatic heterocycles. The first-order valence-electron chi connectivity index (χ1n) is 11.4. The molecule has 0 aromatic heterocycles.